The highest BCUT2D eigenvalue weighted by atomic mass is 32.1. The normalized spacial score (nSPS) is 22.3. The minimum absolute atomic E-state index is 0.00867. The summed E-state index contributed by atoms with van der Waals surface area (Å²) in [5.41, 5.74) is 4.56. The molecule has 21 heavy (non-hydrogen) atoms. The van der Waals surface area contributed by atoms with E-state index < -0.39 is 0 Å². The second-order valence-corrected chi connectivity index (χ2v) is 6.08. The molecule has 2 aromatic rings. The highest BCUT2D eigenvalue weighted by Crippen LogP contribution is 2.28. The van der Waals surface area contributed by atoms with Crippen molar-refractivity contribution in [2.75, 3.05) is 13.2 Å². The predicted molar refractivity (Wildman–Crippen MR) is 82.5 cm³/mol. The van der Waals surface area contributed by atoms with E-state index in [4.69, 9.17) is 4.74 Å². The maximum atomic E-state index is 12.5. The number of aromatic nitrogens is 1. The molecule has 110 valence electrons. The molecular formula is C16H18N2O2S. The lowest BCUT2D eigenvalue weighted by Crippen LogP contribution is -2.48. The van der Waals surface area contributed by atoms with Crippen molar-refractivity contribution >= 4 is 17.2 Å². The molecule has 0 unspecified atom stereocenters. The van der Waals surface area contributed by atoms with Crippen molar-refractivity contribution in [2.45, 2.75) is 26.0 Å². The Hall–Kier alpha value is -1.72. The summed E-state index contributed by atoms with van der Waals surface area (Å²) in [5, 5.41) is 1.80. The molecule has 0 radical (unpaired) electrons. The monoisotopic (exact) mass is 302 g/mol. The third-order valence-corrected chi connectivity index (χ3v) is 4.47. The van der Waals surface area contributed by atoms with Gasteiger partial charge in [-0.05, 0) is 25.0 Å². The van der Waals surface area contributed by atoms with E-state index in [9.17, 15) is 4.79 Å². The van der Waals surface area contributed by atoms with E-state index in [0.29, 0.717) is 18.8 Å². The lowest BCUT2D eigenvalue weighted by atomic mass is 10.0. The average Bonchev–Trinajstić information content (AvgIpc) is 3.02. The first kappa shape index (κ1) is 14.2. The van der Waals surface area contributed by atoms with Gasteiger partial charge in [-0.1, -0.05) is 24.3 Å². The Morgan fingerprint density at radius 3 is 2.95 bits per heavy atom. The van der Waals surface area contributed by atoms with Crippen molar-refractivity contribution in [1.29, 1.82) is 0 Å². The molecule has 1 aliphatic heterocycles. The number of carbonyl (C=O) groups excluding carboxylic acids is 1. The van der Waals surface area contributed by atoms with Gasteiger partial charge in [0.1, 0.15) is 11.8 Å². The molecule has 0 spiro atoms. The summed E-state index contributed by atoms with van der Waals surface area (Å²) in [4.78, 5) is 18.5. The second kappa shape index (κ2) is 5.95. The molecule has 1 fully saturated rings. The van der Waals surface area contributed by atoms with Gasteiger partial charge in [0.25, 0.3) is 5.91 Å². The number of hydrogen-bond donors (Lipinski definition) is 0. The number of nitrogens with zero attached hydrogens (tertiary/aromatic N) is 2. The van der Waals surface area contributed by atoms with Gasteiger partial charge in [0.05, 0.1) is 24.7 Å². The van der Waals surface area contributed by atoms with Gasteiger partial charge in [-0.3, -0.25) is 4.79 Å². The minimum atomic E-state index is -0.0648. The first-order valence-corrected chi connectivity index (χ1v) is 7.97. The van der Waals surface area contributed by atoms with Crippen molar-refractivity contribution in [3.63, 3.8) is 0 Å². The van der Waals surface area contributed by atoms with Gasteiger partial charge < -0.3 is 9.64 Å². The zero-order valence-electron chi connectivity index (χ0n) is 12.2. The van der Waals surface area contributed by atoms with Crippen LogP contribution in [0.2, 0.25) is 0 Å². The van der Waals surface area contributed by atoms with Crippen LogP contribution in [-0.2, 0) is 4.74 Å². The van der Waals surface area contributed by atoms with E-state index in [0.717, 1.165) is 5.56 Å². The van der Waals surface area contributed by atoms with Gasteiger partial charge in [-0.25, -0.2) is 4.98 Å². The fraction of sp³-hybridized carbons (Fsp3) is 0.375. The largest absolute Gasteiger partial charge is 0.370 e. The van der Waals surface area contributed by atoms with Crippen LogP contribution in [0.1, 0.15) is 34.6 Å². The molecule has 1 amide bonds. The fourth-order valence-electron chi connectivity index (χ4n) is 2.64. The average molecular weight is 302 g/mol. The van der Waals surface area contributed by atoms with E-state index in [1.165, 1.54) is 16.9 Å². The lowest BCUT2D eigenvalue weighted by Gasteiger charge is -2.38. The minimum Gasteiger partial charge on any atom is -0.370 e. The fourth-order valence-corrected chi connectivity index (χ4v) is 3.17. The van der Waals surface area contributed by atoms with E-state index in [1.54, 1.807) is 10.9 Å². The molecule has 4 nitrogen and oxygen atoms in total. The van der Waals surface area contributed by atoms with E-state index in [1.807, 2.05) is 24.0 Å². The topological polar surface area (TPSA) is 42.4 Å². The van der Waals surface area contributed by atoms with Gasteiger partial charge >= 0.3 is 0 Å². The summed E-state index contributed by atoms with van der Waals surface area (Å²) in [7, 11) is 0. The number of ether oxygens (including phenoxy) is 1. The van der Waals surface area contributed by atoms with E-state index >= 15 is 0 Å². The molecule has 5 heteroatoms. The van der Waals surface area contributed by atoms with Gasteiger partial charge in [-0.15, -0.1) is 11.3 Å². The highest BCUT2D eigenvalue weighted by molar-refractivity contribution is 7.07. The van der Waals surface area contributed by atoms with Crippen LogP contribution in [0.4, 0.5) is 0 Å². The van der Waals surface area contributed by atoms with Crippen molar-refractivity contribution in [2.24, 2.45) is 0 Å². The number of thiazole rings is 1. The smallest absolute Gasteiger partial charge is 0.273 e. The van der Waals surface area contributed by atoms with Crippen LogP contribution < -0.4 is 0 Å². The Balaban J connectivity index is 1.82. The number of aryl methyl sites for hydroxylation is 1. The van der Waals surface area contributed by atoms with Crippen molar-refractivity contribution in [1.82, 2.24) is 9.88 Å². The van der Waals surface area contributed by atoms with Crippen LogP contribution in [0.15, 0.2) is 35.2 Å². The van der Waals surface area contributed by atoms with Crippen LogP contribution in [-0.4, -0.2) is 35.0 Å². The second-order valence-electron chi connectivity index (χ2n) is 5.36. The standard InChI is InChI=1S/C16H18N2O2S/c1-11-5-3-4-6-13(11)15-7-18(12(2)8-20-15)16(19)14-9-21-10-17-14/h3-6,9-10,12,15H,7-8H2,1-2H3/t12-,15-/m0/s1. The molecule has 0 aliphatic carbocycles. The van der Waals surface area contributed by atoms with Crippen LogP contribution in [0, 0.1) is 6.92 Å². The highest BCUT2D eigenvalue weighted by Gasteiger charge is 2.32. The van der Waals surface area contributed by atoms with E-state index in [2.05, 4.69) is 24.0 Å². The number of rotatable bonds is 2. The maximum Gasteiger partial charge on any atom is 0.273 e. The molecule has 3 rings (SSSR count). The van der Waals surface area contributed by atoms with Crippen LogP contribution in [0.25, 0.3) is 0 Å². The zero-order valence-corrected chi connectivity index (χ0v) is 13.0. The Kier molecular flexibility index (Phi) is 4.03. The molecule has 1 aromatic heterocycles. The van der Waals surface area contributed by atoms with E-state index in [-0.39, 0.29) is 18.1 Å². The summed E-state index contributed by atoms with van der Waals surface area (Å²) in [6.07, 6.45) is -0.0648. The Morgan fingerprint density at radius 1 is 1.43 bits per heavy atom. The van der Waals surface area contributed by atoms with Gasteiger partial charge in [-0.2, -0.15) is 0 Å². The molecule has 1 aliphatic rings. The van der Waals surface area contributed by atoms with Crippen molar-refractivity contribution in [3.8, 4) is 0 Å². The number of amides is 1. The molecule has 0 N–H and O–H groups in total. The maximum absolute atomic E-state index is 12.5. The summed E-state index contributed by atoms with van der Waals surface area (Å²) < 4.78 is 5.94. The first-order valence-electron chi connectivity index (χ1n) is 7.03. The SMILES string of the molecule is Cc1ccccc1[C@@H]1CN(C(=O)c2cscn2)[C@@H](C)CO1. The number of carbonyl (C=O) groups is 1. The number of morpholine rings is 1. The van der Waals surface area contributed by atoms with Crippen molar-refractivity contribution in [3.05, 3.63) is 52.0 Å². The predicted octanol–water partition coefficient (Wildman–Crippen LogP) is 3.05. The van der Waals surface area contributed by atoms with Gasteiger partial charge in [0.15, 0.2) is 0 Å². The summed E-state index contributed by atoms with van der Waals surface area (Å²) in [5.74, 6) is -0.00867. The number of hydrogen-bond acceptors (Lipinski definition) is 4. The molecule has 0 saturated carbocycles. The van der Waals surface area contributed by atoms with Gasteiger partial charge in [0, 0.05) is 5.38 Å². The molecule has 2 atom stereocenters. The Morgan fingerprint density at radius 2 is 2.24 bits per heavy atom. The Bertz CT molecular complexity index is 627. The van der Waals surface area contributed by atoms with Crippen LogP contribution in [0.3, 0.4) is 0 Å². The molecule has 1 saturated heterocycles. The van der Waals surface area contributed by atoms with Crippen molar-refractivity contribution < 1.29 is 9.53 Å². The third kappa shape index (κ3) is 2.84. The summed E-state index contributed by atoms with van der Waals surface area (Å²) in [6.45, 7) is 5.21. The van der Waals surface area contributed by atoms with Gasteiger partial charge in [0.2, 0.25) is 0 Å². The van der Waals surface area contributed by atoms with Crippen LogP contribution >= 0.6 is 11.3 Å². The summed E-state index contributed by atoms with van der Waals surface area (Å²) >= 11 is 1.44. The first-order chi connectivity index (χ1) is 10.2. The Labute approximate surface area is 128 Å². The molecule has 0 bridgehead atoms. The molecular weight excluding hydrogens is 284 g/mol. The lowest BCUT2D eigenvalue weighted by molar-refractivity contribution is -0.0490. The van der Waals surface area contributed by atoms with Crippen LogP contribution in [0.5, 0.6) is 0 Å². The summed E-state index contributed by atoms with van der Waals surface area (Å²) in [6, 6.07) is 8.24. The zero-order chi connectivity index (χ0) is 14.8. The third-order valence-electron chi connectivity index (χ3n) is 3.88. The molecule has 1 aromatic carbocycles. The molecule has 2 heterocycles. The quantitative estimate of drug-likeness (QED) is 0.856. The number of benzene rings is 1.